The van der Waals surface area contributed by atoms with Crippen molar-refractivity contribution in [3.63, 3.8) is 0 Å². The molecular formula is C13H15Cl2N3. The number of hydrogen-bond acceptors (Lipinski definition) is 2. The van der Waals surface area contributed by atoms with Crippen LogP contribution in [-0.4, -0.2) is 9.55 Å². The molecule has 0 saturated carbocycles. The van der Waals surface area contributed by atoms with E-state index in [1.165, 1.54) is 0 Å². The Bertz CT molecular complexity index is 537. The molecule has 0 amide bonds. The number of aromatic nitrogens is 2. The third-order valence-electron chi connectivity index (χ3n) is 2.93. The van der Waals surface area contributed by atoms with E-state index in [0.717, 1.165) is 17.9 Å². The van der Waals surface area contributed by atoms with E-state index in [0.29, 0.717) is 16.5 Å². The van der Waals surface area contributed by atoms with Crippen molar-refractivity contribution in [2.45, 2.75) is 25.9 Å². The van der Waals surface area contributed by atoms with Crippen LogP contribution in [-0.2, 0) is 13.0 Å². The summed E-state index contributed by atoms with van der Waals surface area (Å²) < 4.78 is 2.07. The summed E-state index contributed by atoms with van der Waals surface area (Å²) in [5.74, 6) is 0.959. The zero-order valence-corrected chi connectivity index (χ0v) is 11.6. The van der Waals surface area contributed by atoms with Crippen LogP contribution in [0.1, 0.15) is 24.4 Å². The fourth-order valence-corrected chi connectivity index (χ4v) is 2.38. The number of hydrogen-bond donors (Lipinski definition) is 1. The molecule has 2 N–H and O–H groups in total. The van der Waals surface area contributed by atoms with E-state index in [1.54, 1.807) is 12.3 Å². The van der Waals surface area contributed by atoms with Gasteiger partial charge in [-0.1, -0.05) is 35.3 Å². The Hall–Kier alpha value is -1.03. The minimum atomic E-state index is -0.205. The van der Waals surface area contributed by atoms with Crippen molar-refractivity contribution in [3.05, 3.63) is 52.0 Å². The van der Waals surface area contributed by atoms with Gasteiger partial charge in [-0.05, 0) is 18.6 Å². The number of rotatable bonds is 4. The monoisotopic (exact) mass is 283 g/mol. The van der Waals surface area contributed by atoms with Gasteiger partial charge in [0.15, 0.2) is 0 Å². The number of nitrogens with zero attached hydrogens (tertiary/aromatic N) is 2. The van der Waals surface area contributed by atoms with Gasteiger partial charge in [-0.15, -0.1) is 0 Å². The van der Waals surface area contributed by atoms with Crippen LogP contribution in [0.4, 0.5) is 0 Å². The molecule has 0 spiro atoms. The molecule has 0 aliphatic carbocycles. The lowest BCUT2D eigenvalue weighted by molar-refractivity contribution is 0.628. The van der Waals surface area contributed by atoms with Gasteiger partial charge in [-0.2, -0.15) is 0 Å². The minimum absolute atomic E-state index is 0.205. The summed E-state index contributed by atoms with van der Waals surface area (Å²) in [6.07, 6.45) is 4.37. The molecule has 1 aromatic carbocycles. The lowest BCUT2D eigenvalue weighted by atomic mass is 10.0. The molecule has 5 heteroatoms. The molecule has 1 aromatic heterocycles. The summed E-state index contributed by atoms with van der Waals surface area (Å²) in [6, 6.07) is 5.31. The van der Waals surface area contributed by atoms with E-state index in [4.69, 9.17) is 28.9 Å². The number of imidazole rings is 1. The van der Waals surface area contributed by atoms with Gasteiger partial charge in [-0.25, -0.2) is 4.98 Å². The quantitative estimate of drug-likeness (QED) is 0.934. The number of halogens is 2. The molecule has 0 aliphatic heterocycles. The first kappa shape index (κ1) is 13.4. The SMILES string of the molecule is CCn1ccnc1CC(N)c1cccc(Cl)c1Cl. The van der Waals surface area contributed by atoms with E-state index in [9.17, 15) is 0 Å². The van der Waals surface area contributed by atoms with Gasteiger partial charge in [0, 0.05) is 31.4 Å². The van der Waals surface area contributed by atoms with Crippen molar-refractivity contribution in [1.82, 2.24) is 9.55 Å². The summed E-state index contributed by atoms with van der Waals surface area (Å²) in [6.45, 7) is 2.95. The first-order valence-corrected chi connectivity index (χ1v) is 6.58. The van der Waals surface area contributed by atoms with Crippen molar-refractivity contribution in [3.8, 4) is 0 Å². The molecule has 0 fully saturated rings. The number of benzene rings is 1. The van der Waals surface area contributed by atoms with Gasteiger partial charge in [0.1, 0.15) is 5.82 Å². The highest BCUT2D eigenvalue weighted by molar-refractivity contribution is 6.42. The fraction of sp³-hybridized carbons (Fsp3) is 0.308. The third-order valence-corrected chi connectivity index (χ3v) is 3.76. The van der Waals surface area contributed by atoms with Crippen molar-refractivity contribution < 1.29 is 0 Å². The highest BCUT2D eigenvalue weighted by Crippen LogP contribution is 2.30. The van der Waals surface area contributed by atoms with Crippen molar-refractivity contribution in [1.29, 1.82) is 0 Å². The largest absolute Gasteiger partial charge is 0.335 e. The average molecular weight is 284 g/mol. The van der Waals surface area contributed by atoms with Crippen molar-refractivity contribution in [2.24, 2.45) is 5.73 Å². The molecule has 96 valence electrons. The van der Waals surface area contributed by atoms with Gasteiger partial charge in [0.25, 0.3) is 0 Å². The standard InChI is InChI=1S/C13H15Cl2N3/c1-2-18-7-6-17-12(18)8-11(16)9-4-3-5-10(14)13(9)15/h3-7,11H,2,8,16H2,1H3. The first-order chi connectivity index (χ1) is 8.63. The lowest BCUT2D eigenvalue weighted by Crippen LogP contribution is -2.16. The summed E-state index contributed by atoms with van der Waals surface area (Å²) in [5.41, 5.74) is 7.04. The molecular weight excluding hydrogens is 269 g/mol. The van der Waals surface area contributed by atoms with Crippen LogP contribution in [0.2, 0.25) is 10.0 Å². The Balaban J connectivity index is 2.22. The predicted octanol–water partition coefficient (Wildman–Crippen LogP) is 3.45. The molecule has 3 nitrogen and oxygen atoms in total. The molecule has 0 radical (unpaired) electrons. The lowest BCUT2D eigenvalue weighted by Gasteiger charge is -2.14. The van der Waals surface area contributed by atoms with Gasteiger partial charge >= 0.3 is 0 Å². The Labute approximate surface area is 117 Å². The van der Waals surface area contributed by atoms with Gasteiger partial charge in [0.2, 0.25) is 0 Å². The number of aryl methyl sites for hydroxylation is 1. The van der Waals surface area contributed by atoms with E-state index in [2.05, 4.69) is 16.5 Å². The highest BCUT2D eigenvalue weighted by Gasteiger charge is 2.15. The van der Waals surface area contributed by atoms with Gasteiger partial charge in [0.05, 0.1) is 10.0 Å². The second kappa shape index (κ2) is 5.74. The number of nitrogens with two attached hydrogens (primary N) is 1. The Kier molecular flexibility index (Phi) is 4.27. The Morgan fingerprint density at radius 3 is 2.89 bits per heavy atom. The second-order valence-electron chi connectivity index (χ2n) is 4.08. The summed E-state index contributed by atoms with van der Waals surface area (Å²) in [7, 11) is 0. The third kappa shape index (κ3) is 2.69. The first-order valence-electron chi connectivity index (χ1n) is 5.83. The molecule has 2 aromatic rings. The Morgan fingerprint density at radius 1 is 1.39 bits per heavy atom. The molecule has 1 atom stereocenters. The van der Waals surface area contributed by atoms with Crippen LogP contribution < -0.4 is 5.73 Å². The van der Waals surface area contributed by atoms with E-state index < -0.39 is 0 Å². The van der Waals surface area contributed by atoms with Crippen LogP contribution in [0.3, 0.4) is 0 Å². The molecule has 1 heterocycles. The van der Waals surface area contributed by atoms with Gasteiger partial charge < -0.3 is 10.3 Å². The molecule has 18 heavy (non-hydrogen) atoms. The van der Waals surface area contributed by atoms with Gasteiger partial charge in [-0.3, -0.25) is 0 Å². The smallest absolute Gasteiger partial charge is 0.110 e. The maximum Gasteiger partial charge on any atom is 0.110 e. The van der Waals surface area contributed by atoms with E-state index in [-0.39, 0.29) is 6.04 Å². The summed E-state index contributed by atoms with van der Waals surface area (Å²) >= 11 is 12.2. The van der Waals surface area contributed by atoms with E-state index >= 15 is 0 Å². The summed E-state index contributed by atoms with van der Waals surface area (Å²) in [4.78, 5) is 4.31. The Morgan fingerprint density at radius 2 is 2.17 bits per heavy atom. The zero-order chi connectivity index (χ0) is 13.1. The van der Waals surface area contributed by atoms with E-state index in [1.807, 2.05) is 18.3 Å². The molecule has 0 saturated heterocycles. The molecule has 0 bridgehead atoms. The maximum absolute atomic E-state index is 6.18. The molecule has 2 rings (SSSR count). The average Bonchev–Trinajstić information content (AvgIpc) is 2.79. The predicted molar refractivity (Wildman–Crippen MR) is 75.0 cm³/mol. The highest BCUT2D eigenvalue weighted by atomic mass is 35.5. The molecule has 0 aliphatic rings. The van der Waals surface area contributed by atoms with Crippen LogP contribution in [0.5, 0.6) is 0 Å². The maximum atomic E-state index is 6.18. The topological polar surface area (TPSA) is 43.8 Å². The van der Waals surface area contributed by atoms with Crippen LogP contribution >= 0.6 is 23.2 Å². The second-order valence-corrected chi connectivity index (χ2v) is 4.87. The normalized spacial score (nSPS) is 12.7. The van der Waals surface area contributed by atoms with Crippen molar-refractivity contribution >= 4 is 23.2 Å². The van der Waals surface area contributed by atoms with Crippen molar-refractivity contribution in [2.75, 3.05) is 0 Å². The minimum Gasteiger partial charge on any atom is -0.335 e. The molecule has 1 unspecified atom stereocenters. The van der Waals surface area contributed by atoms with Crippen LogP contribution in [0.15, 0.2) is 30.6 Å². The fourth-order valence-electron chi connectivity index (χ4n) is 1.93. The van der Waals surface area contributed by atoms with Crippen LogP contribution in [0.25, 0.3) is 0 Å². The summed E-state index contributed by atoms with van der Waals surface area (Å²) in [5, 5.41) is 1.06. The zero-order valence-electron chi connectivity index (χ0n) is 10.1. The van der Waals surface area contributed by atoms with Crippen LogP contribution in [0, 0.1) is 0 Å².